The zero-order chi connectivity index (χ0) is 14.5. The number of benzene rings is 1. The quantitative estimate of drug-likeness (QED) is 0.516. The van der Waals surface area contributed by atoms with Gasteiger partial charge < -0.3 is 10.8 Å². The van der Waals surface area contributed by atoms with Crippen LogP contribution in [0.15, 0.2) is 21.5 Å². The van der Waals surface area contributed by atoms with Crippen molar-refractivity contribution in [2.75, 3.05) is 18.9 Å². The average molecular weight is 351 g/mol. The van der Waals surface area contributed by atoms with Gasteiger partial charge in [0.2, 0.25) is 10.0 Å². The standard InChI is InChI=1S/C12H19BrN2O3S/c1-9-11(14)7-10(13)8-12(9)19(17,18)15-5-3-2-4-6-16/h7-8,15-16H,2-6,14H2,1H3. The maximum atomic E-state index is 12.2. The van der Waals surface area contributed by atoms with Gasteiger partial charge in [-0.05, 0) is 43.9 Å². The van der Waals surface area contributed by atoms with Crippen LogP contribution in [0.2, 0.25) is 0 Å². The Morgan fingerprint density at radius 2 is 2.00 bits per heavy atom. The number of aliphatic hydroxyl groups excluding tert-OH is 1. The molecule has 0 unspecified atom stereocenters. The smallest absolute Gasteiger partial charge is 0.240 e. The fraction of sp³-hybridized carbons (Fsp3) is 0.500. The summed E-state index contributed by atoms with van der Waals surface area (Å²) in [6.07, 6.45) is 2.17. The average Bonchev–Trinajstić information content (AvgIpc) is 2.33. The van der Waals surface area contributed by atoms with Crippen molar-refractivity contribution in [3.8, 4) is 0 Å². The molecule has 4 N–H and O–H groups in total. The molecule has 0 spiro atoms. The number of aliphatic hydroxyl groups is 1. The first-order valence-corrected chi connectivity index (χ1v) is 8.32. The summed E-state index contributed by atoms with van der Waals surface area (Å²) in [4.78, 5) is 0.196. The van der Waals surface area contributed by atoms with Crippen LogP contribution in [0.3, 0.4) is 0 Å². The van der Waals surface area contributed by atoms with Crippen LogP contribution < -0.4 is 10.5 Å². The van der Waals surface area contributed by atoms with Gasteiger partial charge >= 0.3 is 0 Å². The zero-order valence-electron chi connectivity index (χ0n) is 10.8. The van der Waals surface area contributed by atoms with Crippen LogP contribution in [0.4, 0.5) is 5.69 Å². The molecule has 1 rings (SSSR count). The largest absolute Gasteiger partial charge is 0.398 e. The lowest BCUT2D eigenvalue weighted by molar-refractivity contribution is 0.283. The molecule has 7 heteroatoms. The van der Waals surface area contributed by atoms with Gasteiger partial charge in [-0.2, -0.15) is 0 Å². The molecule has 0 fully saturated rings. The number of nitrogen functional groups attached to an aromatic ring is 1. The van der Waals surface area contributed by atoms with Gasteiger partial charge in [-0.25, -0.2) is 13.1 Å². The first-order chi connectivity index (χ1) is 8.88. The maximum absolute atomic E-state index is 12.2. The molecule has 0 aliphatic rings. The minimum atomic E-state index is -3.55. The third kappa shape index (κ3) is 4.76. The van der Waals surface area contributed by atoms with Crippen molar-refractivity contribution in [3.05, 3.63) is 22.2 Å². The molecule has 0 aliphatic carbocycles. The van der Waals surface area contributed by atoms with Gasteiger partial charge in [0.05, 0.1) is 4.90 Å². The van der Waals surface area contributed by atoms with Crippen molar-refractivity contribution >= 4 is 31.6 Å². The Morgan fingerprint density at radius 3 is 2.63 bits per heavy atom. The van der Waals surface area contributed by atoms with Crippen molar-refractivity contribution in [2.24, 2.45) is 0 Å². The summed E-state index contributed by atoms with van der Waals surface area (Å²) in [6, 6.07) is 3.22. The van der Waals surface area contributed by atoms with Crippen LogP contribution in [-0.4, -0.2) is 26.7 Å². The van der Waals surface area contributed by atoms with Crippen molar-refractivity contribution in [1.82, 2.24) is 4.72 Å². The van der Waals surface area contributed by atoms with E-state index in [9.17, 15) is 8.42 Å². The van der Waals surface area contributed by atoms with E-state index in [-0.39, 0.29) is 11.5 Å². The number of sulfonamides is 1. The number of hydrogen-bond donors (Lipinski definition) is 3. The van der Waals surface area contributed by atoms with Crippen LogP contribution in [0.1, 0.15) is 24.8 Å². The van der Waals surface area contributed by atoms with Crippen molar-refractivity contribution in [2.45, 2.75) is 31.1 Å². The van der Waals surface area contributed by atoms with E-state index in [4.69, 9.17) is 10.8 Å². The summed E-state index contributed by atoms with van der Waals surface area (Å²) < 4.78 is 27.5. The van der Waals surface area contributed by atoms with Gasteiger partial charge in [0.15, 0.2) is 0 Å². The molecule has 1 aromatic carbocycles. The Kier molecular flexibility index (Phi) is 6.25. The minimum absolute atomic E-state index is 0.133. The molecular formula is C12H19BrN2O3S. The molecule has 5 nitrogen and oxygen atoms in total. The monoisotopic (exact) mass is 350 g/mol. The third-order valence-corrected chi connectivity index (χ3v) is 4.83. The molecule has 0 aliphatic heterocycles. The molecule has 0 atom stereocenters. The van der Waals surface area contributed by atoms with Crippen molar-refractivity contribution in [1.29, 1.82) is 0 Å². The van der Waals surface area contributed by atoms with E-state index in [0.717, 1.165) is 6.42 Å². The Labute approximate surface area is 122 Å². The highest BCUT2D eigenvalue weighted by Gasteiger charge is 2.18. The number of nitrogens with one attached hydrogen (secondary N) is 1. The summed E-state index contributed by atoms with van der Waals surface area (Å²) in [7, 11) is -3.55. The molecule has 0 radical (unpaired) electrons. The molecule has 19 heavy (non-hydrogen) atoms. The second-order valence-electron chi connectivity index (χ2n) is 4.30. The van der Waals surface area contributed by atoms with Crippen molar-refractivity contribution in [3.63, 3.8) is 0 Å². The van der Waals surface area contributed by atoms with E-state index in [1.165, 1.54) is 0 Å². The molecule has 0 amide bonds. The highest BCUT2D eigenvalue weighted by Crippen LogP contribution is 2.26. The van der Waals surface area contributed by atoms with Crippen LogP contribution in [0, 0.1) is 6.92 Å². The topological polar surface area (TPSA) is 92.4 Å². The predicted molar refractivity (Wildman–Crippen MR) is 79.4 cm³/mol. The van der Waals surface area contributed by atoms with Gasteiger partial charge in [0.1, 0.15) is 0 Å². The van der Waals surface area contributed by atoms with E-state index in [1.54, 1.807) is 19.1 Å². The Hall–Kier alpha value is -0.630. The Morgan fingerprint density at radius 1 is 1.32 bits per heavy atom. The van der Waals surface area contributed by atoms with Crippen LogP contribution in [0.25, 0.3) is 0 Å². The third-order valence-electron chi connectivity index (χ3n) is 2.78. The van der Waals surface area contributed by atoms with Gasteiger partial charge in [-0.1, -0.05) is 15.9 Å². The maximum Gasteiger partial charge on any atom is 0.240 e. The number of rotatable bonds is 7. The second-order valence-corrected chi connectivity index (χ2v) is 6.95. The summed E-state index contributed by atoms with van der Waals surface area (Å²) in [5, 5.41) is 8.64. The first kappa shape index (κ1) is 16.4. The number of unbranched alkanes of at least 4 members (excludes halogenated alkanes) is 2. The molecule has 0 saturated heterocycles. The van der Waals surface area contributed by atoms with E-state index >= 15 is 0 Å². The number of halogens is 1. The normalized spacial score (nSPS) is 11.7. The molecule has 1 aromatic rings. The molecular weight excluding hydrogens is 332 g/mol. The van der Waals surface area contributed by atoms with Gasteiger partial charge in [0, 0.05) is 23.3 Å². The van der Waals surface area contributed by atoms with E-state index in [2.05, 4.69) is 20.7 Å². The lowest BCUT2D eigenvalue weighted by Crippen LogP contribution is -2.25. The predicted octanol–water partition coefficient (Wildman–Crippen LogP) is 1.78. The molecule has 0 bridgehead atoms. The highest BCUT2D eigenvalue weighted by atomic mass is 79.9. The molecule has 0 saturated carbocycles. The number of nitrogens with two attached hydrogens (primary N) is 1. The molecule has 0 aromatic heterocycles. The summed E-state index contributed by atoms with van der Waals surface area (Å²) in [5.41, 5.74) is 6.75. The van der Waals surface area contributed by atoms with Crippen molar-refractivity contribution < 1.29 is 13.5 Å². The zero-order valence-corrected chi connectivity index (χ0v) is 13.2. The van der Waals surface area contributed by atoms with Gasteiger partial charge in [0.25, 0.3) is 0 Å². The van der Waals surface area contributed by atoms with Crippen LogP contribution in [0.5, 0.6) is 0 Å². The summed E-state index contributed by atoms with van der Waals surface area (Å²) in [6.45, 7) is 2.17. The summed E-state index contributed by atoms with van der Waals surface area (Å²) in [5.74, 6) is 0. The Balaban J connectivity index is 2.78. The van der Waals surface area contributed by atoms with Crippen LogP contribution in [-0.2, 0) is 10.0 Å². The first-order valence-electron chi connectivity index (χ1n) is 6.04. The molecule has 108 valence electrons. The number of hydrogen-bond acceptors (Lipinski definition) is 4. The number of anilines is 1. The molecule has 0 heterocycles. The van der Waals surface area contributed by atoms with E-state index in [0.29, 0.717) is 35.1 Å². The van der Waals surface area contributed by atoms with Gasteiger partial charge in [-0.15, -0.1) is 0 Å². The fourth-order valence-corrected chi connectivity index (χ4v) is 3.65. The summed E-state index contributed by atoms with van der Waals surface area (Å²) >= 11 is 3.24. The SMILES string of the molecule is Cc1c(N)cc(Br)cc1S(=O)(=O)NCCCCCO. The lowest BCUT2D eigenvalue weighted by atomic mass is 10.2. The highest BCUT2D eigenvalue weighted by molar-refractivity contribution is 9.10. The minimum Gasteiger partial charge on any atom is -0.398 e. The second kappa shape index (κ2) is 7.23. The van der Waals surface area contributed by atoms with E-state index in [1.807, 2.05) is 0 Å². The van der Waals surface area contributed by atoms with Gasteiger partial charge in [-0.3, -0.25) is 0 Å². The fourth-order valence-electron chi connectivity index (χ4n) is 1.65. The lowest BCUT2D eigenvalue weighted by Gasteiger charge is -2.11. The Bertz CT molecular complexity index is 532. The van der Waals surface area contributed by atoms with E-state index < -0.39 is 10.0 Å². The van der Waals surface area contributed by atoms with Crippen LogP contribution >= 0.6 is 15.9 Å².